The lowest BCUT2D eigenvalue weighted by Gasteiger charge is -2.17. The lowest BCUT2D eigenvalue weighted by molar-refractivity contribution is 0.0535. The van der Waals surface area contributed by atoms with Crippen molar-refractivity contribution in [1.29, 1.82) is 0 Å². The predicted molar refractivity (Wildman–Crippen MR) is 66.8 cm³/mol. The van der Waals surface area contributed by atoms with Crippen molar-refractivity contribution in [3.05, 3.63) is 16.3 Å². The third kappa shape index (κ3) is 3.50. The van der Waals surface area contributed by atoms with E-state index in [-0.39, 0.29) is 12.0 Å². The summed E-state index contributed by atoms with van der Waals surface area (Å²) in [5.41, 5.74) is 6.24. The molecule has 0 aliphatic heterocycles. The fourth-order valence-electron chi connectivity index (χ4n) is 1.19. The van der Waals surface area contributed by atoms with E-state index in [1.54, 1.807) is 18.0 Å². The van der Waals surface area contributed by atoms with Crippen LogP contribution in [0.5, 0.6) is 0 Å². The van der Waals surface area contributed by atoms with Crippen molar-refractivity contribution in [1.82, 2.24) is 4.90 Å². The molecule has 2 N–H and O–H groups in total. The van der Waals surface area contributed by atoms with Crippen LogP contribution in [0.4, 0.5) is 5.69 Å². The Balaban J connectivity index is 2.46. The first-order valence-electron chi connectivity index (χ1n) is 5.22. The van der Waals surface area contributed by atoms with Gasteiger partial charge in [0.15, 0.2) is 0 Å². The molecule has 16 heavy (non-hydrogen) atoms. The maximum atomic E-state index is 11.9. The molecule has 0 aliphatic rings. The molecule has 0 atom stereocenters. The molecule has 0 unspecified atom stereocenters. The van der Waals surface area contributed by atoms with E-state index in [9.17, 15) is 4.79 Å². The predicted octanol–water partition coefficient (Wildman–Crippen LogP) is 1.83. The van der Waals surface area contributed by atoms with Crippen molar-refractivity contribution in [2.24, 2.45) is 0 Å². The SMILES string of the molecule is CC(C)OCCN(C)C(=O)c1sccc1N. The topological polar surface area (TPSA) is 55.6 Å². The van der Waals surface area contributed by atoms with Crippen LogP contribution in [0.3, 0.4) is 0 Å². The summed E-state index contributed by atoms with van der Waals surface area (Å²) in [4.78, 5) is 14.1. The van der Waals surface area contributed by atoms with Crippen LogP contribution in [0.25, 0.3) is 0 Å². The Labute approximate surface area is 100 Å². The minimum Gasteiger partial charge on any atom is -0.397 e. The molecule has 1 aromatic heterocycles. The number of hydrogen-bond donors (Lipinski definition) is 1. The molecule has 0 aliphatic carbocycles. The van der Waals surface area contributed by atoms with E-state index in [2.05, 4.69) is 0 Å². The molecular weight excluding hydrogens is 224 g/mol. The van der Waals surface area contributed by atoms with Gasteiger partial charge in [-0.2, -0.15) is 0 Å². The van der Waals surface area contributed by atoms with Gasteiger partial charge in [-0.05, 0) is 25.3 Å². The summed E-state index contributed by atoms with van der Waals surface area (Å²) in [5.74, 6) is -0.0418. The zero-order valence-electron chi connectivity index (χ0n) is 9.90. The van der Waals surface area contributed by atoms with Crippen LogP contribution in [0.1, 0.15) is 23.5 Å². The number of nitrogens with two attached hydrogens (primary N) is 1. The second-order valence-corrected chi connectivity index (χ2v) is 4.77. The molecule has 1 aromatic rings. The Kier molecular flexibility index (Phi) is 4.76. The van der Waals surface area contributed by atoms with Crippen molar-refractivity contribution in [2.75, 3.05) is 25.9 Å². The number of anilines is 1. The minimum atomic E-state index is -0.0418. The molecule has 0 aromatic carbocycles. The molecule has 0 radical (unpaired) electrons. The molecule has 1 rings (SSSR count). The lowest BCUT2D eigenvalue weighted by Crippen LogP contribution is -2.30. The van der Waals surface area contributed by atoms with E-state index >= 15 is 0 Å². The Morgan fingerprint density at radius 2 is 2.31 bits per heavy atom. The maximum absolute atomic E-state index is 11.9. The van der Waals surface area contributed by atoms with Crippen LogP contribution in [-0.2, 0) is 4.74 Å². The monoisotopic (exact) mass is 242 g/mol. The van der Waals surface area contributed by atoms with Gasteiger partial charge in [-0.25, -0.2) is 0 Å². The van der Waals surface area contributed by atoms with E-state index in [1.165, 1.54) is 11.3 Å². The number of amides is 1. The number of thiophene rings is 1. The van der Waals surface area contributed by atoms with Gasteiger partial charge in [-0.15, -0.1) is 11.3 Å². The summed E-state index contributed by atoms with van der Waals surface area (Å²) in [6.07, 6.45) is 0.190. The molecule has 90 valence electrons. The Morgan fingerprint density at radius 3 is 2.81 bits per heavy atom. The number of ether oxygens (including phenoxy) is 1. The van der Waals surface area contributed by atoms with Gasteiger partial charge in [0.05, 0.1) is 18.4 Å². The summed E-state index contributed by atoms with van der Waals surface area (Å²) in [7, 11) is 1.76. The first-order valence-corrected chi connectivity index (χ1v) is 6.10. The average molecular weight is 242 g/mol. The molecule has 0 saturated heterocycles. The number of hydrogen-bond acceptors (Lipinski definition) is 4. The van der Waals surface area contributed by atoms with Crippen LogP contribution in [-0.4, -0.2) is 37.1 Å². The second kappa shape index (κ2) is 5.86. The van der Waals surface area contributed by atoms with Gasteiger partial charge in [0.2, 0.25) is 0 Å². The summed E-state index contributed by atoms with van der Waals surface area (Å²) >= 11 is 1.37. The number of nitrogen functional groups attached to an aromatic ring is 1. The highest BCUT2D eigenvalue weighted by Crippen LogP contribution is 2.20. The molecule has 0 saturated carbocycles. The van der Waals surface area contributed by atoms with Crippen molar-refractivity contribution < 1.29 is 9.53 Å². The Hall–Kier alpha value is -1.07. The molecular formula is C11H18N2O2S. The van der Waals surface area contributed by atoms with E-state index in [0.717, 1.165) is 0 Å². The number of rotatable bonds is 5. The van der Waals surface area contributed by atoms with Gasteiger partial charge in [-0.3, -0.25) is 4.79 Å². The molecule has 5 heteroatoms. The average Bonchev–Trinajstić information content (AvgIpc) is 2.62. The number of nitrogens with zero attached hydrogens (tertiary/aromatic N) is 1. The number of carbonyl (C=O) groups excluding carboxylic acids is 1. The van der Waals surface area contributed by atoms with Crippen molar-refractivity contribution in [2.45, 2.75) is 20.0 Å². The molecule has 0 bridgehead atoms. The summed E-state index contributed by atoms with van der Waals surface area (Å²) < 4.78 is 5.39. The minimum absolute atomic E-state index is 0.0418. The van der Waals surface area contributed by atoms with E-state index in [1.807, 2.05) is 19.2 Å². The van der Waals surface area contributed by atoms with Gasteiger partial charge in [0.25, 0.3) is 5.91 Å². The van der Waals surface area contributed by atoms with Crippen LogP contribution in [0.15, 0.2) is 11.4 Å². The highest BCUT2D eigenvalue weighted by Gasteiger charge is 2.15. The zero-order chi connectivity index (χ0) is 12.1. The fourth-order valence-corrected chi connectivity index (χ4v) is 2.00. The summed E-state index contributed by atoms with van der Waals surface area (Å²) in [6.45, 7) is 5.07. The molecule has 1 amide bonds. The van der Waals surface area contributed by atoms with Crippen LogP contribution in [0, 0.1) is 0 Å². The summed E-state index contributed by atoms with van der Waals surface area (Å²) in [5, 5.41) is 1.82. The number of likely N-dealkylation sites (N-methyl/N-ethyl adjacent to an activating group) is 1. The van der Waals surface area contributed by atoms with Crippen molar-refractivity contribution in [3.63, 3.8) is 0 Å². The van der Waals surface area contributed by atoms with Gasteiger partial charge in [0, 0.05) is 13.6 Å². The highest BCUT2D eigenvalue weighted by molar-refractivity contribution is 7.12. The molecule has 1 heterocycles. The maximum Gasteiger partial charge on any atom is 0.265 e. The first kappa shape index (κ1) is 13.0. The molecule has 0 spiro atoms. The van der Waals surface area contributed by atoms with Crippen molar-refractivity contribution >= 4 is 22.9 Å². The molecule has 0 fully saturated rings. The lowest BCUT2D eigenvalue weighted by atomic mass is 10.3. The largest absolute Gasteiger partial charge is 0.397 e. The van der Waals surface area contributed by atoms with E-state index in [4.69, 9.17) is 10.5 Å². The highest BCUT2D eigenvalue weighted by atomic mass is 32.1. The van der Waals surface area contributed by atoms with Gasteiger partial charge in [0.1, 0.15) is 4.88 Å². The van der Waals surface area contributed by atoms with Gasteiger partial charge in [-0.1, -0.05) is 0 Å². The smallest absolute Gasteiger partial charge is 0.265 e. The van der Waals surface area contributed by atoms with Gasteiger partial charge >= 0.3 is 0 Å². The Morgan fingerprint density at radius 1 is 1.62 bits per heavy atom. The van der Waals surface area contributed by atoms with Crippen LogP contribution < -0.4 is 5.73 Å². The standard InChI is InChI=1S/C11H18N2O2S/c1-8(2)15-6-5-13(3)11(14)10-9(12)4-7-16-10/h4,7-8H,5-6,12H2,1-3H3. The third-order valence-electron chi connectivity index (χ3n) is 2.11. The second-order valence-electron chi connectivity index (χ2n) is 3.85. The van der Waals surface area contributed by atoms with Crippen molar-refractivity contribution in [3.8, 4) is 0 Å². The van der Waals surface area contributed by atoms with Gasteiger partial charge < -0.3 is 15.4 Å². The van der Waals surface area contributed by atoms with E-state index in [0.29, 0.717) is 23.7 Å². The van der Waals surface area contributed by atoms with Crippen LogP contribution >= 0.6 is 11.3 Å². The summed E-state index contributed by atoms with van der Waals surface area (Å²) in [6, 6.07) is 1.75. The van der Waals surface area contributed by atoms with E-state index < -0.39 is 0 Å². The fraction of sp³-hybridized carbons (Fsp3) is 0.545. The number of carbonyl (C=O) groups is 1. The zero-order valence-corrected chi connectivity index (χ0v) is 10.7. The Bertz CT molecular complexity index is 350. The normalized spacial score (nSPS) is 10.8. The quantitative estimate of drug-likeness (QED) is 0.857. The van der Waals surface area contributed by atoms with Crippen LogP contribution in [0.2, 0.25) is 0 Å². The third-order valence-corrected chi connectivity index (χ3v) is 3.03. The molecule has 4 nitrogen and oxygen atoms in total. The first-order chi connectivity index (χ1) is 7.52.